The molecule has 1 rings (SSSR count). The summed E-state index contributed by atoms with van der Waals surface area (Å²) in [7, 11) is 1.28. The van der Waals surface area contributed by atoms with Crippen LogP contribution in [0, 0.1) is 11.8 Å². The number of amides is 2. The van der Waals surface area contributed by atoms with Crippen LogP contribution in [0.2, 0.25) is 0 Å². The summed E-state index contributed by atoms with van der Waals surface area (Å²) < 4.78 is 4.56. The molecule has 2 unspecified atom stereocenters. The molecule has 6 nitrogen and oxygen atoms in total. The maximum atomic E-state index is 12.6. The molecule has 1 aliphatic carbocycles. The van der Waals surface area contributed by atoms with Crippen molar-refractivity contribution in [3.05, 3.63) is 12.7 Å². The number of hydrogen-bond acceptors (Lipinski definition) is 4. The van der Waals surface area contributed by atoms with Crippen LogP contribution in [-0.2, 0) is 19.1 Å². The van der Waals surface area contributed by atoms with E-state index in [0.29, 0.717) is 0 Å². The monoisotopic (exact) mass is 366 g/mol. The molecule has 2 amide bonds. The molecule has 0 spiro atoms. The minimum absolute atomic E-state index is 0.0904. The molecular formula is C20H34N2O4. The number of carbonyl (C=O) groups is 3. The van der Waals surface area contributed by atoms with Crippen molar-refractivity contribution in [1.29, 1.82) is 0 Å². The molecule has 0 saturated heterocycles. The molecule has 6 heteroatoms. The number of carbonyl (C=O) groups excluding carboxylic acids is 3. The fourth-order valence-electron chi connectivity index (χ4n) is 3.37. The van der Waals surface area contributed by atoms with Crippen molar-refractivity contribution in [2.75, 3.05) is 13.7 Å². The topological polar surface area (TPSA) is 84.5 Å². The van der Waals surface area contributed by atoms with E-state index in [-0.39, 0.29) is 30.2 Å². The van der Waals surface area contributed by atoms with Gasteiger partial charge in [-0.3, -0.25) is 14.4 Å². The second-order valence-corrected chi connectivity index (χ2v) is 7.15. The van der Waals surface area contributed by atoms with Crippen molar-refractivity contribution in [3.8, 4) is 0 Å². The van der Waals surface area contributed by atoms with Crippen molar-refractivity contribution >= 4 is 17.8 Å². The first-order chi connectivity index (χ1) is 12.5. The highest BCUT2D eigenvalue weighted by Gasteiger charge is 2.32. The van der Waals surface area contributed by atoms with Gasteiger partial charge >= 0.3 is 5.97 Å². The van der Waals surface area contributed by atoms with Gasteiger partial charge in [-0.25, -0.2) is 0 Å². The third-order valence-electron chi connectivity index (χ3n) is 5.08. The molecule has 0 aromatic rings. The number of unbranched alkanes of at least 4 members (excludes halogenated alkanes) is 2. The number of hydrogen-bond donors (Lipinski definition) is 2. The van der Waals surface area contributed by atoms with Gasteiger partial charge in [-0.15, -0.1) is 6.58 Å². The van der Waals surface area contributed by atoms with E-state index in [2.05, 4.69) is 21.9 Å². The average molecular weight is 367 g/mol. The second kappa shape index (κ2) is 12.5. The minimum Gasteiger partial charge on any atom is -0.468 e. The van der Waals surface area contributed by atoms with E-state index < -0.39 is 12.0 Å². The molecule has 0 aliphatic heterocycles. The Balaban J connectivity index is 2.62. The lowest BCUT2D eigenvalue weighted by molar-refractivity contribution is -0.141. The zero-order valence-electron chi connectivity index (χ0n) is 16.2. The first-order valence-corrected chi connectivity index (χ1v) is 9.75. The summed E-state index contributed by atoms with van der Waals surface area (Å²) >= 11 is 0. The fourth-order valence-corrected chi connectivity index (χ4v) is 3.37. The zero-order chi connectivity index (χ0) is 19.4. The highest BCUT2D eigenvalue weighted by molar-refractivity contribution is 5.90. The third-order valence-corrected chi connectivity index (χ3v) is 5.08. The Hall–Kier alpha value is -1.85. The average Bonchev–Trinajstić information content (AvgIpc) is 2.67. The van der Waals surface area contributed by atoms with E-state index in [4.69, 9.17) is 0 Å². The van der Waals surface area contributed by atoms with Gasteiger partial charge in [-0.1, -0.05) is 38.7 Å². The highest BCUT2D eigenvalue weighted by Crippen LogP contribution is 2.27. The zero-order valence-corrected chi connectivity index (χ0v) is 16.2. The summed E-state index contributed by atoms with van der Waals surface area (Å²) in [5, 5.41) is 5.54. The fraction of sp³-hybridized carbons (Fsp3) is 0.750. The van der Waals surface area contributed by atoms with Crippen LogP contribution >= 0.6 is 0 Å². The van der Waals surface area contributed by atoms with Gasteiger partial charge in [0.05, 0.1) is 7.11 Å². The number of nitrogens with one attached hydrogen (secondary N) is 2. The molecule has 26 heavy (non-hydrogen) atoms. The molecule has 0 aromatic heterocycles. The number of ether oxygens (including phenoxy) is 1. The van der Waals surface area contributed by atoms with Gasteiger partial charge in [0.15, 0.2) is 0 Å². The predicted octanol–water partition coefficient (Wildman–Crippen LogP) is 2.72. The van der Waals surface area contributed by atoms with Crippen LogP contribution < -0.4 is 10.6 Å². The summed E-state index contributed by atoms with van der Waals surface area (Å²) in [4.78, 5) is 36.4. The third kappa shape index (κ3) is 8.02. The molecule has 1 fully saturated rings. The number of methoxy groups -OCH3 is 1. The summed E-state index contributed by atoms with van der Waals surface area (Å²) in [6.45, 7) is 5.42. The minimum atomic E-state index is -0.580. The van der Waals surface area contributed by atoms with Crippen molar-refractivity contribution < 1.29 is 19.1 Å². The van der Waals surface area contributed by atoms with Crippen molar-refractivity contribution in [1.82, 2.24) is 10.6 Å². The van der Waals surface area contributed by atoms with Crippen LogP contribution in [0.4, 0.5) is 0 Å². The van der Waals surface area contributed by atoms with Gasteiger partial charge in [0.25, 0.3) is 0 Å². The summed E-state index contributed by atoms with van der Waals surface area (Å²) in [6, 6.07) is -0.580. The van der Waals surface area contributed by atoms with E-state index >= 15 is 0 Å². The van der Waals surface area contributed by atoms with Crippen LogP contribution in [0.5, 0.6) is 0 Å². The summed E-state index contributed by atoms with van der Waals surface area (Å²) in [6.07, 6.45) is 10.8. The Morgan fingerprint density at radius 1 is 1.15 bits per heavy atom. The molecule has 148 valence electrons. The predicted molar refractivity (Wildman–Crippen MR) is 101 cm³/mol. The summed E-state index contributed by atoms with van der Waals surface area (Å²) in [5.74, 6) is -0.901. The Morgan fingerprint density at radius 3 is 2.46 bits per heavy atom. The molecule has 2 atom stereocenters. The Morgan fingerprint density at radius 2 is 1.85 bits per heavy atom. The standard InChI is InChI=1S/C20H34N2O4/c1-4-5-6-8-11-15(2)19(24)22-18(16-12-9-7-10-13-16)20(25)21-14-17(23)26-3/h4,15-16,18H,1,5-14H2,2-3H3,(H,21,25)(H,22,24). The lowest BCUT2D eigenvalue weighted by Gasteiger charge is -2.30. The Kier molecular flexibility index (Phi) is 10.7. The van der Waals surface area contributed by atoms with Crippen molar-refractivity contribution in [2.45, 2.75) is 70.8 Å². The summed E-state index contributed by atoms with van der Waals surface area (Å²) in [5.41, 5.74) is 0. The molecular weight excluding hydrogens is 332 g/mol. The Bertz CT molecular complexity index is 472. The SMILES string of the molecule is C=CCCCCC(C)C(=O)NC(C(=O)NCC(=O)OC)C1CCCCC1. The molecule has 0 heterocycles. The van der Waals surface area contributed by atoms with Crippen molar-refractivity contribution in [2.24, 2.45) is 11.8 Å². The number of allylic oxidation sites excluding steroid dienone is 1. The quantitative estimate of drug-likeness (QED) is 0.334. The highest BCUT2D eigenvalue weighted by atomic mass is 16.5. The first-order valence-electron chi connectivity index (χ1n) is 9.75. The van der Waals surface area contributed by atoms with Crippen LogP contribution in [0.15, 0.2) is 12.7 Å². The van der Waals surface area contributed by atoms with Crippen LogP contribution in [0.3, 0.4) is 0 Å². The van der Waals surface area contributed by atoms with Gasteiger partial charge in [0, 0.05) is 5.92 Å². The normalized spacial score (nSPS) is 17.0. The van der Waals surface area contributed by atoms with E-state index in [1.807, 2.05) is 13.0 Å². The van der Waals surface area contributed by atoms with Gasteiger partial charge in [-0.05, 0) is 38.0 Å². The van der Waals surface area contributed by atoms with Gasteiger partial charge in [-0.2, -0.15) is 0 Å². The number of rotatable bonds is 11. The second-order valence-electron chi connectivity index (χ2n) is 7.15. The molecule has 1 aliphatic rings. The van der Waals surface area contributed by atoms with Crippen LogP contribution in [-0.4, -0.2) is 37.5 Å². The lowest BCUT2D eigenvalue weighted by atomic mass is 9.83. The van der Waals surface area contributed by atoms with Gasteiger partial charge in [0.1, 0.15) is 12.6 Å². The number of esters is 1. The van der Waals surface area contributed by atoms with Gasteiger partial charge in [0.2, 0.25) is 11.8 Å². The molecule has 0 bridgehead atoms. The van der Waals surface area contributed by atoms with Crippen molar-refractivity contribution in [3.63, 3.8) is 0 Å². The molecule has 1 saturated carbocycles. The largest absolute Gasteiger partial charge is 0.468 e. The van der Waals surface area contributed by atoms with E-state index in [1.165, 1.54) is 13.5 Å². The molecule has 2 N–H and O–H groups in total. The van der Waals surface area contributed by atoms with Crippen LogP contribution in [0.25, 0.3) is 0 Å². The smallest absolute Gasteiger partial charge is 0.325 e. The first kappa shape index (κ1) is 22.2. The van der Waals surface area contributed by atoms with E-state index in [9.17, 15) is 14.4 Å². The molecule has 0 radical (unpaired) electrons. The van der Waals surface area contributed by atoms with Gasteiger partial charge < -0.3 is 15.4 Å². The molecule has 0 aromatic carbocycles. The van der Waals surface area contributed by atoms with E-state index in [1.54, 1.807) is 0 Å². The maximum absolute atomic E-state index is 12.6. The van der Waals surface area contributed by atoms with E-state index in [0.717, 1.165) is 51.4 Å². The van der Waals surface area contributed by atoms with Crippen LogP contribution in [0.1, 0.15) is 64.7 Å². The maximum Gasteiger partial charge on any atom is 0.325 e. The lowest BCUT2D eigenvalue weighted by Crippen LogP contribution is -2.53. The Labute approximate surface area is 157 Å².